The summed E-state index contributed by atoms with van der Waals surface area (Å²) in [5.74, 6) is 1.73. The Labute approximate surface area is 262 Å². The first-order valence-electron chi connectivity index (χ1n) is 15.5. The Morgan fingerprint density at radius 2 is 0.864 bits per heavy atom. The van der Waals surface area contributed by atoms with E-state index in [0.29, 0.717) is 47.7 Å². The monoisotopic (exact) mass is 592 g/mol. The van der Waals surface area contributed by atoms with Gasteiger partial charge in [0.1, 0.15) is 11.5 Å². The average molecular weight is 593 g/mol. The smallest absolute Gasteiger partial charge is 0.262 e. The zero-order chi connectivity index (χ0) is 31.3. The van der Waals surface area contributed by atoms with E-state index in [1.807, 2.05) is 97.1 Å². The molecule has 0 unspecified atom stereocenters. The summed E-state index contributed by atoms with van der Waals surface area (Å²) in [6, 6.07) is 33.9. The van der Waals surface area contributed by atoms with E-state index in [-0.39, 0.29) is 24.9 Å². The molecule has 0 saturated heterocycles. The van der Waals surface area contributed by atoms with E-state index in [4.69, 9.17) is 9.47 Å². The third-order valence-corrected chi connectivity index (χ3v) is 7.31. The number of benzene rings is 4. The third-order valence-electron chi connectivity index (χ3n) is 7.31. The summed E-state index contributed by atoms with van der Waals surface area (Å²) in [5.41, 5.74) is 2.46. The number of para-hydroxylation sites is 4. The standard InChI is InChI=1S/C38H44N2O4/c1-29(2)23-27-43-35-21-13-11-19-33(35)37(41)39(31-15-7-5-8-16-31)25-26-40(32-17-9-6-10-18-32)38(42)34-20-12-14-22-36(34)44-28-24-30(3)4/h5-22,29-30H,23-28H2,1-4H3. The topological polar surface area (TPSA) is 59.1 Å². The number of anilines is 2. The fourth-order valence-electron chi connectivity index (χ4n) is 4.75. The van der Waals surface area contributed by atoms with Crippen LogP contribution in [0.2, 0.25) is 0 Å². The summed E-state index contributed by atoms with van der Waals surface area (Å²) < 4.78 is 12.2. The minimum Gasteiger partial charge on any atom is -0.493 e. The predicted octanol–water partition coefficient (Wildman–Crippen LogP) is 8.53. The van der Waals surface area contributed by atoms with Crippen LogP contribution in [0, 0.1) is 11.8 Å². The molecule has 4 aromatic rings. The maximum Gasteiger partial charge on any atom is 0.262 e. The van der Waals surface area contributed by atoms with Crippen molar-refractivity contribution in [2.24, 2.45) is 11.8 Å². The molecule has 0 aliphatic heterocycles. The molecule has 0 atom stereocenters. The van der Waals surface area contributed by atoms with E-state index in [1.165, 1.54) is 0 Å². The van der Waals surface area contributed by atoms with Gasteiger partial charge in [0.2, 0.25) is 0 Å². The van der Waals surface area contributed by atoms with Crippen LogP contribution in [0.5, 0.6) is 11.5 Å². The highest BCUT2D eigenvalue weighted by Gasteiger charge is 2.26. The highest BCUT2D eigenvalue weighted by molar-refractivity contribution is 6.09. The average Bonchev–Trinajstić information content (AvgIpc) is 3.03. The van der Waals surface area contributed by atoms with Gasteiger partial charge in [0.05, 0.1) is 24.3 Å². The second-order valence-corrected chi connectivity index (χ2v) is 11.6. The molecule has 0 aromatic heterocycles. The highest BCUT2D eigenvalue weighted by atomic mass is 16.5. The number of ether oxygens (including phenoxy) is 2. The van der Waals surface area contributed by atoms with Crippen LogP contribution >= 0.6 is 0 Å². The molecule has 0 saturated carbocycles. The molecule has 4 aromatic carbocycles. The quantitative estimate of drug-likeness (QED) is 0.139. The first kappa shape index (κ1) is 32.3. The molecule has 4 rings (SSSR count). The number of hydrogen-bond acceptors (Lipinski definition) is 4. The summed E-state index contributed by atoms with van der Waals surface area (Å²) >= 11 is 0. The number of carbonyl (C=O) groups is 2. The van der Waals surface area contributed by atoms with Crippen molar-refractivity contribution < 1.29 is 19.1 Å². The maximum absolute atomic E-state index is 14.2. The summed E-state index contributed by atoms with van der Waals surface area (Å²) in [6.45, 7) is 10.2. The minimum atomic E-state index is -0.186. The molecule has 0 N–H and O–H groups in total. The van der Waals surface area contributed by atoms with E-state index in [1.54, 1.807) is 21.9 Å². The number of nitrogens with zero attached hydrogens (tertiary/aromatic N) is 2. The van der Waals surface area contributed by atoms with Gasteiger partial charge in [0.15, 0.2) is 0 Å². The van der Waals surface area contributed by atoms with Crippen LogP contribution in [0.4, 0.5) is 11.4 Å². The molecule has 6 nitrogen and oxygen atoms in total. The van der Waals surface area contributed by atoms with Gasteiger partial charge in [-0.05, 0) is 73.2 Å². The first-order chi connectivity index (χ1) is 21.3. The SMILES string of the molecule is CC(C)CCOc1ccccc1C(=O)N(CCN(C(=O)c1ccccc1OCCC(C)C)c1ccccc1)c1ccccc1. The number of amides is 2. The van der Waals surface area contributed by atoms with Gasteiger partial charge in [-0.25, -0.2) is 0 Å². The lowest BCUT2D eigenvalue weighted by molar-refractivity contribution is 0.0963. The van der Waals surface area contributed by atoms with Gasteiger partial charge < -0.3 is 19.3 Å². The Kier molecular flexibility index (Phi) is 12.0. The van der Waals surface area contributed by atoms with Crippen LogP contribution in [-0.2, 0) is 0 Å². The molecule has 0 fully saturated rings. The van der Waals surface area contributed by atoms with Gasteiger partial charge in [-0.3, -0.25) is 9.59 Å². The second-order valence-electron chi connectivity index (χ2n) is 11.6. The molecule has 0 bridgehead atoms. The molecule has 0 aliphatic rings. The van der Waals surface area contributed by atoms with Crippen molar-refractivity contribution in [1.29, 1.82) is 0 Å². The van der Waals surface area contributed by atoms with Crippen LogP contribution in [-0.4, -0.2) is 38.1 Å². The van der Waals surface area contributed by atoms with Crippen LogP contribution in [0.1, 0.15) is 61.3 Å². The van der Waals surface area contributed by atoms with Crippen molar-refractivity contribution >= 4 is 23.2 Å². The van der Waals surface area contributed by atoms with E-state index >= 15 is 0 Å². The molecule has 0 aliphatic carbocycles. The fraction of sp³-hybridized carbons (Fsp3) is 0.316. The summed E-state index contributed by atoms with van der Waals surface area (Å²) in [5, 5.41) is 0. The van der Waals surface area contributed by atoms with Crippen LogP contribution in [0.25, 0.3) is 0 Å². The number of rotatable bonds is 15. The van der Waals surface area contributed by atoms with E-state index < -0.39 is 0 Å². The fourth-order valence-corrected chi connectivity index (χ4v) is 4.75. The first-order valence-corrected chi connectivity index (χ1v) is 15.5. The Hall–Kier alpha value is -4.58. The predicted molar refractivity (Wildman–Crippen MR) is 179 cm³/mol. The zero-order valence-corrected chi connectivity index (χ0v) is 26.3. The van der Waals surface area contributed by atoms with Crippen molar-refractivity contribution in [2.45, 2.75) is 40.5 Å². The Balaban J connectivity index is 1.64. The van der Waals surface area contributed by atoms with Crippen molar-refractivity contribution in [3.63, 3.8) is 0 Å². The largest absolute Gasteiger partial charge is 0.493 e. The molecule has 0 heterocycles. The molecule has 230 valence electrons. The summed E-state index contributed by atoms with van der Waals surface area (Å²) in [4.78, 5) is 31.8. The lowest BCUT2D eigenvalue weighted by Crippen LogP contribution is -2.41. The number of carbonyl (C=O) groups excluding carboxylic acids is 2. The molecule has 0 radical (unpaired) electrons. The van der Waals surface area contributed by atoms with Crippen LogP contribution in [0.3, 0.4) is 0 Å². The lowest BCUT2D eigenvalue weighted by Gasteiger charge is -2.29. The minimum absolute atomic E-state index is 0.186. The van der Waals surface area contributed by atoms with Gasteiger partial charge in [-0.1, -0.05) is 88.4 Å². The van der Waals surface area contributed by atoms with Gasteiger partial charge in [-0.15, -0.1) is 0 Å². The number of hydrogen-bond donors (Lipinski definition) is 0. The van der Waals surface area contributed by atoms with Gasteiger partial charge in [0, 0.05) is 24.5 Å². The van der Waals surface area contributed by atoms with Crippen molar-refractivity contribution in [3.8, 4) is 11.5 Å². The van der Waals surface area contributed by atoms with E-state index in [2.05, 4.69) is 27.7 Å². The zero-order valence-electron chi connectivity index (χ0n) is 26.3. The van der Waals surface area contributed by atoms with Gasteiger partial charge >= 0.3 is 0 Å². The van der Waals surface area contributed by atoms with E-state index in [0.717, 1.165) is 24.2 Å². The molecule has 2 amide bonds. The van der Waals surface area contributed by atoms with Crippen molar-refractivity contribution in [3.05, 3.63) is 120 Å². The van der Waals surface area contributed by atoms with E-state index in [9.17, 15) is 9.59 Å². The molecular weight excluding hydrogens is 548 g/mol. The van der Waals surface area contributed by atoms with Crippen molar-refractivity contribution in [2.75, 3.05) is 36.1 Å². The van der Waals surface area contributed by atoms with Gasteiger partial charge in [0.25, 0.3) is 11.8 Å². The third kappa shape index (κ3) is 8.96. The van der Waals surface area contributed by atoms with Crippen LogP contribution < -0.4 is 19.3 Å². The molecule has 44 heavy (non-hydrogen) atoms. The summed E-state index contributed by atoms with van der Waals surface area (Å²) in [7, 11) is 0. The Morgan fingerprint density at radius 1 is 0.523 bits per heavy atom. The maximum atomic E-state index is 14.2. The highest BCUT2D eigenvalue weighted by Crippen LogP contribution is 2.27. The normalized spacial score (nSPS) is 11.0. The molecule has 6 heteroatoms. The Bertz CT molecular complexity index is 1360. The summed E-state index contributed by atoms with van der Waals surface area (Å²) in [6.07, 6.45) is 1.78. The second kappa shape index (κ2) is 16.3. The molecular formula is C38H44N2O4. The molecule has 0 spiro atoms. The Morgan fingerprint density at radius 3 is 1.23 bits per heavy atom. The van der Waals surface area contributed by atoms with Crippen molar-refractivity contribution in [1.82, 2.24) is 0 Å². The van der Waals surface area contributed by atoms with Crippen LogP contribution in [0.15, 0.2) is 109 Å². The lowest BCUT2D eigenvalue weighted by atomic mass is 10.1. The van der Waals surface area contributed by atoms with Gasteiger partial charge in [-0.2, -0.15) is 0 Å².